The van der Waals surface area contributed by atoms with Gasteiger partial charge in [0.05, 0.1) is 0 Å². The van der Waals surface area contributed by atoms with E-state index in [2.05, 4.69) is 27.3 Å². The molecule has 0 aliphatic heterocycles. The average Bonchev–Trinajstić information content (AvgIpc) is 2.93. The molecule has 2 nitrogen and oxygen atoms in total. The number of rotatable bonds is 6. The van der Waals surface area contributed by atoms with E-state index >= 15 is 0 Å². The second-order valence-corrected chi connectivity index (χ2v) is 5.96. The van der Waals surface area contributed by atoms with Crippen molar-refractivity contribution in [1.29, 1.82) is 0 Å². The fourth-order valence-electron chi connectivity index (χ4n) is 1.83. The monoisotopic (exact) mass is 337 g/mol. The van der Waals surface area contributed by atoms with Gasteiger partial charge in [-0.15, -0.1) is 11.3 Å². The number of halogens is 1. The summed E-state index contributed by atoms with van der Waals surface area (Å²) < 4.78 is 0. The minimum Gasteiger partial charge on any atom is -0.325 e. The van der Waals surface area contributed by atoms with Gasteiger partial charge in [0.15, 0.2) is 0 Å². The fourth-order valence-corrected chi connectivity index (χ4v) is 2.99. The molecule has 0 bridgehead atoms. The number of unbranched alkanes of at least 4 members (excludes halogenated alkanes) is 1. The van der Waals surface area contributed by atoms with Crippen LogP contribution in [-0.2, 0) is 4.79 Å². The Morgan fingerprint density at radius 1 is 1.16 bits per heavy atom. The summed E-state index contributed by atoms with van der Waals surface area (Å²) in [6.07, 6.45) is 2.52. The van der Waals surface area contributed by atoms with Crippen molar-refractivity contribution in [3.05, 3.63) is 41.8 Å². The minimum absolute atomic E-state index is 0.0879. The molecule has 0 aliphatic rings. The van der Waals surface area contributed by atoms with Crippen LogP contribution >= 0.6 is 27.3 Å². The Hall–Kier alpha value is -1.13. The molecule has 0 unspecified atom stereocenters. The second-order valence-electron chi connectivity index (χ2n) is 4.22. The van der Waals surface area contributed by atoms with Gasteiger partial charge in [0.2, 0.25) is 5.91 Å². The standard InChI is InChI=1S/C15H16BrNOS/c16-10-4-3-9-15(18)17-13-7-2-1-6-12(13)14-8-5-11-19-14/h1-2,5-8,11H,3-4,9-10H2,(H,17,18). The largest absolute Gasteiger partial charge is 0.325 e. The van der Waals surface area contributed by atoms with Crippen molar-refractivity contribution in [2.75, 3.05) is 10.6 Å². The number of carbonyl (C=O) groups is 1. The topological polar surface area (TPSA) is 29.1 Å². The van der Waals surface area contributed by atoms with E-state index < -0.39 is 0 Å². The third kappa shape index (κ3) is 4.18. The Morgan fingerprint density at radius 2 is 2.00 bits per heavy atom. The van der Waals surface area contributed by atoms with Gasteiger partial charge in [-0.3, -0.25) is 4.79 Å². The highest BCUT2D eigenvalue weighted by Crippen LogP contribution is 2.31. The van der Waals surface area contributed by atoms with Gasteiger partial charge in [-0.25, -0.2) is 0 Å². The molecule has 0 saturated heterocycles. The van der Waals surface area contributed by atoms with Crippen LogP contribution in [0.3, 0.4) is 0 Å². The van der Waals surface area contributed by atoms with Crippen LogP contribution < -0.4 is 5.32 Å². The van der Waals surface area contributed by atoms with Crippen LogP contribution in [0, 0.1) is 0 Å². The normalized spacial score (nSPS) is 10.4. The predicted octanol–water partition coefficient (Wildman–Crippen LogP) is 4.92. The van der Waals surface area contributed by atoms with E-state index in [0.29, 0.717) is 6.42 Å². The smallest absolute Gasteiger partial charge is 0.224 e. The zero-order chi connectivity index (χ0) is 13.5. The summed E-state index contributed by atoms with van der Waals surface area (Å²) in [5.74, 6) is 0.0879. The quantitative estimate of drug-likeness (QED) is 0.588. The lowest BCUT2D eigenvalue weighted by atomic mass is 10.1. The van der Waals surface area contributed by atoms with E-state index in [9.17, 15) is 4.79 Å². The first-order valence-electron chi connectivity index (χ1n) is 6.30. The van der Waals surface area contributed by atoms with Gasteiger partial charge >= 0.3 is 0 Å². The number of amides is 1. The highest BCUT2D eigenvalue weighted by molar-refractivity contribution is 9.09. The number of carbonyl (C=O) groups excluding carboxylic acids is 1. The summed E-state index contributed by atoms with van der Waals surface area (Å²) in [5.41, 5.74) is 1.99. The Kier molecular flexibility index (Phi) is 5.61. The number of hydrogen-bond acceptors (Lipinski definition) is 2. The van der Waals surface area contributed by atoms with E-state index in [4.69, 9.17) is 0 Å². The predicted molar refractivity (Wildman–Crippen MR) is 86.0 cm³/mol. The van der Waals surface area contributed by atoms with Crippen LogP contribution in [0.5, 0.6) is 0 Å². The molecule has 0 aliphatic carbocycles. The van der Waals surface area contributed by atoms with Crippen molar-refractivity contribution in [2.45, 2.75) is 19.3 Å². The molecule has 0 spiro atoms. The van der Waals surface area contributed by atoms with Crippen molar-refractivity contribution in [2.24, 2.45) is 0 Å². The summed E-state index contributed by atoms with van der Waals surface area (Å²) >= 11 is 5.06. The number of thiophene rings is 1. The summed E-state index contributed by atoms with van der Waals surface area (Å²) in [5, 5.41) is 6.01. The van der Waals surface area contributed by atoms with E-state index in [-0.39, 0.29) is 5.91 Å². The van der Waals surface area contributed by atoms with Crippen LogP contribution in [0.25, 0.3) is 10.4 Å². The molecule has 1 amide bonds. The van der Waals surface area contributed by atoms with Gasteiger partial charge in [0, 0.05) is 27.9 Å². The third-order valence-electron chi connectivity index (χ3n) is 2.78. The Morgan fingerprint density at radius 3 is 2.74 bits per heavy atom. The third-order valence-corrected chi connectivity index (χ3v) is 4.24. The van der Waals surface area contributed by atoms with Crippen LogP contribution in [-0.4, -0.2) is 11.2 Å². The van der Waals surface area contributed by atoms with Crippen molar-refractivity contribution in [3.63, 3.8) is 0 Å². The summed E-state index contributed by atoms with van der Waals surface area (Å²) in [6, 6.07) is 12.0. The van der Waals surface area contributed by atoms with Crippen molar-refractivity contribution in [3.8, 4) is 10.4 Å². The van der Waals surface area contributed by atoms with Crippen LogP contribution in [0.15, 0.2) is 41.8 Å². The van der Waals surface area contributed by atoms with Crippen LogP contribution in [0.4, 0.5) is 5.69 Å². The summed E-state index contributed by atoms with van der Waals surface area (Å²) in [6.45, 7) is 0. The van der Waals surface area contributed by atoms with Crippen LogP contribution in [0.2, 0.25) is 0 Å². The van der Waals surface area contributed by atoms with Gasteiger partial charge in [0.1, 0.15) is 0 Å². The Bertz CT molecular complexity index is 525. The molecule has 1 heterocycles. The Labute approximate surface area is 126 Å². The molecule has 1 aromatic carbocycles. The SMILES string of the molecule is O=C(CCCCBr)Nc1ccccc1-c1cccs1. The molecular formula is C15H16BrNOS. The molecule has 2 rings (SSSR count). The van der Waals surface area contributed by atoms with Gasteiger partial charge in [-0.05, 0) is 30.4 Å². The summed E-state index contributed by atoms with van der Waals surface area (Å²) in [4.78, 5) is 13.1. The zero-order valence-electron chi connectivity index (χ0n) is 10.6. The molecule has 0 fully saturated rings. The zero-order valence-corrected chi connectivity index (χ0v) is 13.0. The van der Waals surface area contributed by atoms with Gasteiger partial charge in [-0.1, -0.05) is 40.2 Å². The Balaban J connectivity index is 2.06. The fraction of sp³-hybridized carbons (Fsp3) is 0.267. The summed E-state index contributed by atoms with van der Waals surface area (Å²) in [7, 11) is 0. The first-order chi connectivity index (χ1) is 9.31. The number of nitrogens with one attached hydrogen (secondary N) is 1. The first kappa shape index (κ1) is 14.3. The van der Waals surface area contributed by atoms with Crippen LogP contribution in [0.1, 0.15) is 19.3 Å². The average molecular weight is 338 g/mol. The maximum atomic E-state index is 11.9. The van der Waals surface area contributed by atoms with Gasteiger partial charge in [-0.2, -0.15) is 0 Å². The maximum absolute atomic E-state index is 11.9. The van der Waals surface area contributed by atoms with Crippen molar-refractivity contribution < 1.29 is 4.79 Å². The first-order valence-corrected chi connectivity index (χ1v) is 8.30. The number of para-hydroxylation sites is 1. The molecule has 19 heavy (non-hydrogen) atoms. The van der Waals surface area contributed by atoms with Gasteiger partial charge in [0.25, 0.3) is 0 Å². The van der Waals surface area contributed by atoms with Gasteiger partial charge < -0.3 is 5.32 Å². The van der Waals surface area contributed by atoms with Crippen molar-refractivity contribution in [1.82, 2.24) is 0 Å². The lowest BCUT2D eigenvalue weighted by Gasteiger charge is -2.09. The number of hydrogen-bond donors (Lipinski definition) is 1. The lowest BCUT2D eigenvalue weighted by molar-refractivity contribution is -0.116. The number of anilines is 1. The molecule has 100 valence electrons. The highest BCUT2D eigenvalue weighted by Gasteiger charge is 2.08. The molecular weight excluding hydrogens is 322 g/mol. The molecule has 0 radical (unpaired) electrons. The van der Waals surface area contributed by atoms with E-state index in [0.717, 1.165) is 29.4 Å². The molecule has 1 aromatic heterocycles. The second kappa shape index (κ2) is 7.46. The highest BCUT2D eigenvalue weighted by atomic mass is 79.9. The van der Waals surface area contributed by atoms with E-state index in [1.54, 1.807) is 11.3 Å². The lowest BCUT2D eigenvalue weighted by Crippen LogP contribution is -2.11. The molecule has 0 saturated carbocycles. The van der Waals surface area contributed by atoms with E-state index in [1.165, 1.54) is 4.88 Å². The molecule has 4 heteroatoms. The van der Waals surface area contributed by atoms with Crippen molar-refractivity contribution >= 4 is 38.9 Å². The number of benzene rings is 1. The van der Waals surface area contributed by atoms with E-state index in [1.807, 2.05) is 35.7 Å². The minimum atomic E-state index is 0.0879. The maximum Gasteiger partial charge on any atom is 0.224 e. The molecule has 0 atom stereocenters. The molecule has 1 N–H and O–H groups in total. The molecule has 2 aromatic rings. The number of alkyl halides is 1.